The molecule has 0 radical (unpaired) electrons. The SMILES string of the molecule is CC(C)CCn1c(=O)c2ccccc2n2c(=S)n(CN3CCO[C@H](C)C3)nc12. The van der Waals surface area contributed by atoms with Gasteiger partial charge in [0.1, 0.15) is 0 Å². The molecule has 8 heteroatoms. The lowest BCUT2D eigenvalue weighted by atomic mass is 10.1. The number of nitrogens with zero attached hydrogens (tertiary/aromatic N) is 5. The van der Waals surface area contributed by atoms with Gasteiger partial charge in [-0.3, -0.25) is 18.7 Å². The first-order valence-corrected chi connectivity index (χ1v) is 10.3. The molecule has 0 spiro atoms. The van der Waals surface area contributed by atoms with E-state index in [2.05, 4.69) is 25.7 Å². The molecule has 1 aliphatic heterocycles. The van der Waals surface area contributed by atoms with Crippen LogP contribution >= 0.6 is 12.2 Å². The third-order valence-electron chi connectivity index (χ3n) is 5.27. The first-order chi connectivity index (χ1) is 13.5. The van der Waals surface area contributed by atoms with Crippen molar-refractivity contribution in [2.75, 3.05) is 19.7 Å². The maximum absolute atomic E-state index is 13.1. The van der Waals surface area contributed by atoms with E-state index in [0.29, 0.717) is 41.7 Å². The minimum atomic E-state index is -0.00380. The Morgan fingerprint density at radius 3 is 2.86 bits per heavy atom. The van der Waals surface area contributed by atoms with Gasteiger partial charge in [-0.05, 0) is 43.6 Å². The monoisotopic (exact) mass is 401 g/mol. The van der Waals surface area contributed by atoms with Gasteiger partial charge in [0.2, 0.25) is 10.5 Å². The molecule has 0 bridgehead atoms. The summed E-state index contributed by atoms with van der Waals surface area (Å²) < 4.78 is 11.8. The summed E-state index contributed by atoms with van der Waals surface area (Å²) in [6.07, 6.45) is 1.11. The van der Waals surface area contributed by atoms with E-state index in [4.69, 9.17) is 22.1 Å². The van der Waals surface area contributed by atoms with Crippen LogP contribution < -0.4 is 5.56 Å². The van der Waals surface area contributed by atoms with E-state index in [1.165, 1.54) is 0 Å². The molecule has 0 amide bonds. The van der Waals surface area contributed by atoms with Crippen molar-refractivity contribution < 1.29 is 4.74 Å². The quantitative estimate of drug-likeness (QED) is 0.616. The molecule has 1 aromatic carbocycles. The van der Waals surface area contributed by atoms with E-state index in [1.807, 2.05) is 33.3 Å². The summed E-state index contributed by atoms with van der Waals surface area (Å²) >= 11 is 5.78. The van der Waals surface area contributed by atoms with E-state index in [1.54, 1.807) is 4.57 Å². The largest absolute Gasteiger partial charge is 0.376 e. The third kappa shape index (κ3) is 3.52. The topological polar surface area (TPSA) is 56.7 Å². The number of para-hydroxylation sites is 1. The summed E-state index contributed by atoms with van der Waals surface area (Å²) in [4.78, 5) is 15.4. The Kier molecular flexibility index (Phi) is 5.35. The Labute approximate surface area is 169 Å². The molecule has 0 N–H and O–H groups in total. The standard InChI is InChI=1S/C20H27N5O2S/c1-14(2)8-9-23-18(26)16-6-4-5-7-17(16)25-19(23)21-24(20(25)28)13-22-10-11-27-15(3)12-22/h4-7,14-15H,8-13H2,1-3H3/t15-/m1/s1. The number of aryl methyl sites for hydroxylation is 1. The van der Waals surface area contributed by atoms with Crippen LogP contribution in [0.15, 0.2) is 29.1 Å². The number of hydrogen-bond acceptors (Lipinski definition) is 5. The summed E-state index contributed by atoms with van der Waals surface area (Å²) in [5.74, 6) is 1.12. The summed E-state index contributed by atoms with van der Waals surface area (Å²) in [7, 11) is 0. The molecule has 150 valence electrons. The highest BCUT2D eigenvalue weighted by Crippen LogP contribution is 2.16. The highest BCUT2D eigenvalue weighted by Gasteiger charge is 2.20. The molecule has 28 heavy (non-hydrogen) atoms. The van der Waals surface area contributed by atoms with Crippen molar-refractivity contribution >= 4 is 28.9 Å². The average molecular weight is 402 g/mol. The summed E-state index contributed by atoms with van der Waals surface area (Å²) in [6.45, 7) is 10.0. The fourth-order valence-electron chi connectivity index (χ4n) is 3.76. The zero-order valence-electron chi connectivity index (χ0n) is 16.7. The predicted molar refractivity (Wildman–Crippen MR) is 112 cm³/mol. The highest BCUT2D eigenvalue weighted by molar-refractivity contribution is 7.71. The number of morpholine rings is 1. The van der Waals surface area contributed by atoms with Crippen LogP contribution in [0.25, 0.3) is 16.7 Å². The molecule has 0 aliphatic carbocycles. The minimum absolute atomic E-state index is 0.00380. The van der Waals surface area contributed by atoms with Gasteiger partial charge in [-0.25, -0.2) is 4.68 Å². The van der Waals surface area contributed by atoms with E-state index >= 15 is 0 Å². The number of aromatic nitrogens is 4. The number of rotatable bonds is 5. The molecular weight excluding hydrogens is 374 g/mol. The minimum Gasteiger partial charge on any atom is -0.376 e. The Bertz CT molecular complexity index is 1110. The first-order valence-electron chi connectivity index (χ1n) is 9.90. The van der Waals surface area contributed by atoms with Crippen molar-refractivity contribution in [2.45, 2.75) is 46.5 Å². The molecule has 1 fully saturated rings. The zero-order valence-corrected chi connectivity index (χ0v) is 17.5. The summed E-state index contributed by atoms with van der Waals surface area (Å²) in [6, 6.07) is 7.63. The van der Waals surface area contributed by atoms with Gasteiger partial charge < -0.3 is 4.74 Å². The Balaban J connectivity index is 1.86. The van der Waals surface area contributed by atoms with Crippen LogP contribution in [0.4, 0.5) is 0 Å². The third-order valence-corrected chi connectivity index (χ3v) is 5.67. The van der Waals surface area contributed by atoms with Crippen LogP contribution in [0, 0.1) is 10.7 Å². The van der Waals surface area contributed by atoms with Gasteiger partial charge in [-0.2, -0.15) is 0 Å². The van der Waals surface area contributed by atoms with Crippen molar-refractivity contribution in [3.8, 4) is 0 Å². The maximum atomic E-state index is 13.1. The second kappa shape index (κ2) is 7.77. The second-order valence-corrected chi connectivity index (χ2v) is 8.34. The first kappa shape index (κ1) is 19.3. The molecule has 1 saturated heterocycles. The highest BCUT2D eigenvalue weighted by atomic mass is 32.1. The lowest BCUT2D eigenvalue weighted by Gasteiger charge is -2.30. The van der Waals surface area contributed by atoms with Gasteiger partial charge in [0.25, 0.3) is 5.56 Å². The summed E-state index contributed by atoms with van der Waals surface area (Å²) in [5.41, 5.74) is 0.811. The fraction of sp³-hybridized carbons (Fsp3) is 0.550. The fourth-order valence-corrected chi connectivity index (χ4v) is 4.04. The van der Waals surface area contributed by atoms with Gasteiger partial charge in [0.05, 0.1) is 30.3 Å². The van der Waals surface area contributed by atoms with Crippen molar-refractivity contribution in [3.63, 3.8) is 0 Å². The van der Waals surface area contributed by atoms with Crippen LogP contribution in [0.5, 0.6) is 0 Å². The molecule has 7 nitrogen and oxygen atoms in total. The predicted octanol–water partition coefficient (Wildman–Crippen LogP) is 2.90. The Morgan fingerprint density at radius 1 is 1.32 bits per heavy atom. The van der Waals surface area contributed by atoms with E-state index < -0.39 is 0 Å². The van der Waals surface area contributed by atoms with E-state index in [0.717, 1.165) is 25.0 Å². The van der Waals surface area contributed by atoms with Gasteiger partial charge in [0.15, 0.2) is 0 Å². The van der Waals surface area contributed by atoms with E-state index in [-0.39, 0.29) is 11.7 Å². The van der Waals surface area contributed by atoms with Crippen molar-refractivity contribution in [3.05, 3.63) is 39.4 Å². The normalized spacial score (nSPS) is 18.5. The molecular formula is C20H27N5O2S. The Hall–Kier alpha value is -2.03. The molecule has 0 unspecified atom stereocenters. The van der Waals surface area contributed by atoms with Crippen molar-refractivity contribution in [1.29, 1.82) is 0 Å². The average Bonchev–Trinajstić information content (AvgIpc) is 2.98. The molecule has 0 saturated carbocycles. The maximum Gasteiger partial charge on any atom is 0.262 e. The van der Waals surface area contributed by atoms with E-state index in [9.17, 15) is 4.79 Å². The molecule has 4 rings (SSSR count). The van der Waals surface area contributed by atoms with Gasteiger partial charge in [-0.15, -0.1) is 5.10 Å². The second-order valence-electron chi connectivity index (χ2n) is 7.97. The lowest BCUT2D eigenvalue weighted by Crippen LogP contribution is -2.42. The number of ether oxygens (including phenoxy) is 1. The van der Waals surface area contributed by atoms with Gasteiger partial charge >= 0.3 is 0 Å². The van der Waals surface area contributed by atoms with Crippen LogP contribution in [0.2, 0.25) is 0 Å². The van der Waals surface area contributed by atoms with Crippen molar-refractivity contribution in [1.82, 2.24) is 23.6 Å². The summed E-state index contributed by atoms with van der Waals surface area (Å²) in [5, 5.41) is 5.45. The van der Waals surface area contributed by atoms with Crippen LogP contribution in [0.1, 0.15) is 27.2 Å². The number of benzene rings is 1. The molecule has 3 heterocycles. The lowest BCUT2D eigenvalue weighted by molar-refractivity contribution is -0.0306. The number of hydrogen-bond donors (Lipinski definition) is 0. The smallest absolute Gasteiger partial charge is 0.262 e. The van der Waals surface area contributed by atoms with Crippen molar-refractivity contribution in [2.24, 2.45) is 5.92 Å². The molecule has 3 aromatic rings. The molecule has 2 aromatic heterocycles. The zero-order chi connectivity index (χ0) is 19.8. The number of fused-ring (bicyclic) bond motifs is 3. The van der Waals surface area contributed by atoms with Crippen LogP contribution in [0.3, 0.4) is 0 Å². The van der Waals surface area contributed by atoms with Crippen LogP contribution in [-0.4, -0.2) is 49.4 Å². The molecule has 1 atom stereocenters. The molecule has 1 aliphatic rings. The van der Waals surface area contributed by atoms with Crippen LogP contribution in [-0.2, 0) is 18.0 Å². The van der Waals surface area contributed by atoms with Gasteiger partial charge in [0, 0.05) is 19.6 Å². The Morgan fingerprint density at radius 2 is 2.11 bits per heavy atom. The van der Waals surface area contributed by atoms with Gasteiger partial charge in [-0.1, -0.05) is 26.0 Å².